The smallest absolute Gasteiger partial charge is 0.229 e. The number of piperidine rings is 1. The Balaban J connectivity index is 1.36. The number of anilines is 2. The third-order valence-electron chi connectivity index (χ3n) is 5.61. The van der Waals surface area contributed by atoms with Crippen LogP contribution < -0.4 is 15.0 Å². The van der Waals surface area contributed by atoms with Crippen LogP contribution in [0.2, 0.25) is 0 Å². The van der Waals surface area contributed by atoms with Crippen LogP contribution in [-0.2, 0) is 9.53 Å². The lowest BCUT2D eigenvalue weighted by atomic mass is 9.97. The lowest BCUT2D eigenvalue weighted by Gasteiger charge is -2.33. The lowest BCUT2D eigenvalue weighted by Crippen LogP contribution is -2.41. The van der Waals surface area contributed by atoms with Crippen molar-refractivity contribution < 1.29 is 14.3 Å². The minimum atomic E-state index is -0.0690. The summed E-state index contributed by atoms with van der Waals surface area (Å²) in [4.78, 5) is 19.6. The summed E-state index contributed by atoms with van der Waals surface area (Å²) in [5.74, 6) is 1.60. The van der Waals surface area contributed by atoms with E-state index in [0.717, 1.165) is 50.3 Å². The molecule has 2 aromatic rings. The van der Waals surface area contributed by atoms with E-state index in [2.05, 4.69) is 15.2 Å². The van der Waals surface area contributed by atoms with Crippen LogP contribution in [0.5, 0.6) is 5.75 Å². The van der Waals surface area contributed by atoms with Crippen molar-refractivity contribution in [2.75, 3.05) is 36.5 Å². The molecular weight excluding hydrogens is 366 g/mol. The van der Waals surface area contributed by atoms with Crippen LogP contribution in [0, 0.1) is 5.92 Å². The largest absolute Gasteiger partial charge is 0.489 e. The number of aromatic nitrogens is 1. The number of nitrogens with zero attached hydrogens (tertiary/aromatic N) is 2. The molecule has 2 unspecified atom stereocenters. The Morgan fingerprint density at radius 3 is 2.86 bits per heavy atom. The van der Waals surface area contributed by atoms with Crippen molar-refractivity contribution in [3.8, 4) is 5.75 Å². The fourth-order valence-corrected chi connectivity index (χ4v) is 3.99. The van der Waals surface area contributed by atoms with Crippen LogP contribution in [0.25, 0.3) is 0 Å². The van der Waals surface area contributed by atoms with Crippen LogP contribution in [0.1, 0.15) is 32.1 Å². The molecule has 1 aromatic heterocycles. The highest BCUT2D eigenvalue weighted by molar-refractivity contribution is 5.94. The third-order valence-corrected chi connectivity index (χ3v) is 5.61. The number of amides is 1. The van der Waals surface area contributed by atoms with Crippen LogP contribution >= 0.6 is 0 Å². The zero-order valence-corrected chi connectivity index (χ0v) is 16.8. The Bertz CT molecular complexity index is 793. The molecule has 2 atom stereocenters. The number of para-hydroxylation sites is 2. The maximum absolute atomic E-state index is 13.0. The van der Waals surface area contributed by atoms with E-state index < -0.39 is 0 Å². The first kappa shape index (κ1) is 19.7. The highest BCUT2D eigenvalue weighted by Crippen LogP contribution is 2.27. The van der Waals surface area contributed by atoms with Crippen molar-refractivity contribution >= 4 is 17.4 Å². The number of carbonyl (C=O) groups is 1. The van der Waals surface area contributed by atoms with E-state index in [-0.39, 0.29) is 17.9 Å². The van der Waals surface area contributed by atoms with Gasteiger partial charge in [0.05, 0.1) is 17.7 Å². The molecule has 1 aromatic carbocycles. The van der Waals surface area contributed by atoms with Gasteiger partial charge in [-0.1, -0.05) is 18.2 Å². The van der Waals surface area contributed by atoms with Gasteiger partial charge in [-0.25, -0.2) is 4.98 Å². The van der Waals surface area contributed by atoms with E-state index in [9.17, 15) is 4.79 Å². The van der Waals surface area contributed by atoms with Crippen LogP contribution in [0.15, 0.2) is 48.7 Å². The second kappa shape index (κ2) is 9.74. The predicted molar refractivity (Wildman–Crippen MR) is 113 cm³/mol. The topological polar surface area (TPSA) is 63.7 Å². The molecule has 4 rings (SSSR count). The van der Waals surface area contributed by atoms with Crippen molar-refractivity contribution in [3.63, 3.8) is 0 Å². The Morgan fingerprint density at radius 1 is 1.14 bits per heavy atom. The number of ether oxygens (including phenoxy) is 2. The molecule has 2 aliphatic heterocycles. The summed E-state index contributed by atoms with van der Waals surface area (Å²) in [5, 5.41) is 3.09. The van der Waals surface area contributed by atoms with Gasteiger partial charge in [-0.3, -0.25) is 4.79 Å². The van der Waals surface area contributed by atoms with Crippen molar-refractivity contribution in [1.82, 2.24) is 4.98 Å². The zero-order chi connectivity index (χ0) is 19.9. The van der Waals surface area contributed by atoms with Gasteiger partial charge in [0.25, 0.3) is 0 Å². The molecule has 6 heteroatoms. The molecule has 3 heterocycles. The van der Waals surface area contributed by atoms with Gasteiger partial charge in [-0.15, -0.1) is 0 Å². The van der Waals surface area contributed by atoms with E-state index >= 15 is 0 Å². The average Bonchev–Trinajstić information content (AvgIpc) is 2.80. The van der Waals surface area contributed by atoms with Crippen LogP contribution in [0.4, 0.5) is 11.5 Å². The number of rotatable bonds is 6. The molecule has 0 radical (unpaired) electrons. The number of pyridine rings is 1. The lowest BCUT2D eigenvalue weighted by molar-refractivity contribution is -0.120. The minimum absolute atomic E-state index is 0.0376. The van der Waals surface area contributed by atoms with Gasteiger partial charge in [-0.05, 0) is 56.4 Å². The van der Waals surface area contributed by atoms with Gasteiger partial charge in [0.1, 0.15) is 18.2 Å². The summed E-state index contributed by atoms with van der Waals surface area (Å²) >= 11 is 0. The molecule has 0 spiro atoms. The molecule has 2 aliphatic rings. The van der Waals surface area contributed by atoms with E-state index in [1.54, 1.807) is 6.20 Å². The van der Waals surface area contributed by atoms with Crippen molar-refractivity contribution in [2.45, 2.75) is 38.2 Å². The Hall–Kier alpha value is -2.60. The highest BCUT2D eigenvalue weighted by atomic mass is 16.5. The summed E-state index contributed by atoms with van der Waals surface area (Å²) in [7, 11) is 0. The summed E-state index contributed by atoms with van der Waals surface area (Å²) < 4.78 is 11.7. The Morgan fingerprint density at radius 2 is 2.03 bits per heavy atom. The third kappa shape index (κ3) is 5.26. The second-order valence-electron chi connectivity index (χ2n) is 7.76. The van der Waals surface area contributed by atoms with Gasteiger partial charge in [-0.2, -0.15) is 0 Å². The number of benzene rings is 1. The van der Waals surface area contributed by atoms with Crippen molar-refractivity contribution in [3.05, 3.63) is 48.7 Å². The molecular formula is C23H29N3O3. The predicted octanol–water partition coefficient (Wildman–Crippen LogP) is 3.88. The van der Waals surface area contributed by atoms with Gasteiger partial charge in [0, 0.05) is 25.9 Å². The summed E-state index contributed by atoms with van der Waals surface area (Å²) in [6, 6.07) is 13.5. The molecule has 154 valence electrons. The molecule has 6 nitrogen and oxygen atoms in total. The first-order valence-corrected chi connectivity index (χ1v) is 10.6. The van der Waals surface area contributed by atoms with Gasteiger partial charge in [0.15, 0.2) is 0 Å². The molecule has 1 amide bonds. The molecule has 1 N–H and O–H groups in total. The Kier molecular flexibility index (Phi) is 6.62. The SMILES string of the molecule is O=C(Nc1ccccc1OCC1CCCCO1)C1CCCN(c2ccccn2)C1. The minimum Gasteiger partial charge on any atom is -0.489 e. The number of nitrogens with one attached hydrogen (secondary N) is 1. The molecule has 2 fully saturated rings. The molecule has 29 heavy (non-hydrogen) atoms. The van der Waals surface area contributed by atoms with E-state index in [1.165, 1.54) is 6.42 Å². The van der Waals surface area contributed by atoms with Crippen molar-refractivity contribution in [2.24, 2.45) is 5.92 Å². The van der Waals surface area contributed by atoms with Gasteiger partial charge >= 0.3 is 0 Å². The fourth-order valence-electron chi connectivity index (χ4n) is 3.99. The fraction of sp³-hybridized carbons (Fsp3) is 0.478. The summed E-state index contributed by atoms with van der Waals surface area (Å²) in [5.41, 5.74) is 0.725. The first-order valence-electron chi connectivity index (χ1n) is 10.6. The summed E-state index contributed by atoms with van der Waals surface area (Å²) in [6.45, 7) is 2.94. The average molecular weight is 396 g/mol. The first-order chi connectivity index (χ1) is 14.3. The maximum Gasteiger partial charge on any atom is 0.229 e. The van der Waals surface area contributed by atoms with Crippen LogP contribution in [-0.4, -0.2) is 43.3 Å². The van der Waals surface area contributed by atoms with Gasteiger partial charge in [0.2, 0.25) is 5.91 Å². The molecule has 0 saturated carbocycles. The normalized spacial score (nSPS) is 22.1. The standard InChI is InChI=1S/C23H29N3O3/c27-23(18-8-7-14-26(16-18)22-12-3-5-13-24-22)25-20-10-1-2-11-21(20)29-17-19-9-4-6-15-28-19/h1-3,5,10-13,18-19H,4,6-9,14-17H2,(H,25,27). The van der Waals surface area contributed by atoms with Crippen molar-refractivity contribution in [1.29, 1.82) is 0 Å². The zero-order valence-electron chi connectivity index (χ0n) is 16.8. The highest BCUT2D eigenvalue weighted by Gasteiger charge is 2.27. The van der Waals surface area contributed by atoms with E-state index in [4.69, 9.17) is 9.47 Å². The molecule has 0 aliphatic carbocycles. The molecule has 2 saturated heterocycles. The number of hydrogen-bond acceptors (Lipinski definition) is 5. The van der Waals surface area contributed by atoms with Crippen LogP contribution in [0.3, 0.4) is 0 Å². The summed E-state index contributed by atoms with van der Waals surface area (Å²) in [6.07, 6.45) is 7.13. The number of carbonyl (C=O) groups excluding carboxylic acids is 1. The quantitative estimate of drug-likeness (QED) is 0.804. The maximum atomic E-state index is 13.0. The Labute approximate surface area is 172 Å². The second-order valence-corrected chi connectivity index (χ2v) is 7.76. The number of hydrogen-bond donors (Lipinski definition) is 1. The van der Waals surface area contributed by atoms with Gasteiger partial charge < -0.3 is 19.7 Å². The van der Waals surface area contributed by atoms with E-state index in [0.29, 0.717) is 18.9 Å². The van der Waals surface area contributed by atoms with E-state index in [1.807, 2.05) is 42.5 Å². The monoisotopic (exact) mass is 395 g/mol. The molecule has 0 bridgehead atoms.